The van der Waals surface area contributed by atoms with Crippen molar-refractivity contribution in [1.82, 2.24) is 4.98 Å². The number of nitrogens with zero attached hydrogens (tertiary/aromatic N) is 2. The fourth-order valence-electron chi connectivity index (χ4n) is 3.49. The Morgan fingerprint density at radius 3 is 2.14 bits per heavy atom. The molecular formula is C28H20ClN3O3S2. The second-order valence-electron chi connectivity index (χ2n) is 7.86. The zero-order valence-electron chi connectivity index (χ0n) is 19.3. The molecule has 5 aromatic rings. The third-order valence-electron chi connectivity index (χ3n) is 5.27. The van der Waals surface area contributed by atoms with E-state index in [0.29, 0.717) is 10.2 Å². The lowest BCUT2D eigenvalue weighted by Gasteiger charge is -2.06. The van der Waals surface area contributed by atoms with E-state index in [4.69, 9.17) is 20.8 Å². The smallest absolute Gasteiger partial charge is 0.339 e. The van der Waals surface area contributed by atoms with Crippen molar-refractivity contribution in [2.45, 2.75) is 4.90 Å². The first kappa shape index (κ1) is 24.7. The van der Waals surface area contributed by atoms with Crippen molar-refractivity contribution in [3.63, 3.8) is 0 Å². The molecule has 0 radical (unpaired) electrons. The molecule has 0 amide bonds. The summed E-state index contributed by atoms with van der Waals surface area (Å²) in [5.41, 5.74) is 6.63. The van der Waals surface area contributed by atoms with Gasteiger partial charge in [0.05, 0.1) is 16.8 Å². The number of hydrazone groups is 1. The maximum atomic E-state index is 12.4. The second kappa shape index (κ2) is 11.0. The molecule has 0 unspecified atom stereocenters. The number of thiazole rings is 1. The van der Waals surface area contributed by atoms with E-state index in [1.807, 2.05) is 54.6 Å². The summed E-state index contributed by atoms with van der Waals surface area (Å²) in [5, 5.41) is 5.62. The quantitative estimate of drug-likeness (QED) is 0.125. The Morgan fingerprint density at radius 2 is 1.46 bits per heavy atom. The Balaban J connectivity index is 1.31. The molecule has 1 aromatic heterocycles. The van der Waals surface area contributed by atoms with Crippen LogP contribution in [-0.4, -0.2) is 19.6 Å². The van der Waals surface area contributed by atoms with Crippen molar-refractivity contribution < 1.29 is 12.6 Å². The van der Waals surface area contributed by atoms with Crippen LogP contribution in [0.5, 0.6) is 5.75 Å². The number of aromatic nitrogens is 1. The number of rotatable bonds is 8. The number of halogens is 1. The maximum absolute atomic E-state index is 12.4. The number of benzene rings is 4. The highest BCUT2D eigenvalue weighted by Gasteiger charge is 2.16. The van der Waals surface area contributed by atoms with E-state index in [9.17, 15) is 8.42 Å². The molecule has 4 aromatic carbocycles. The first-order valence-corrected chi connectivity index (χ1v) is 13.8. The Labute approximate surface area is 224 Å². The van der Waals surface area contributed by atoms with Crippen LogP contribution < -0.4 is 9.61 Å². The summed E-state index contributed by atoms with van der Waals surface area (Å²) < 4.78 is 30.0. The van der Waals surface area contributed by atoms with Gasteiger partial charge in [0.2, 0.25) is 5.13 Å². The SMILES string of the molecule is O=S(=O)(Oc1ccc(C=NNc2nc(-c3ccccc3)c(-c3ccc(Cl)cc3)s2)cc1)c1ccccc1. The normalized spacial score (nSPS) is 11.5. The molecule has 1 heterocycles. The lowest BCUT2D eigenvalue weighted by Crippen LogP contribution is -2.09. The molecule has 37 heavy (non-hydrogen) atoms. The topological polar surface area (TPSA) is 80.7 Å². The van der Waals surface area contributed by atoms with Crippen LogP contribution in [0.1, 0.15) is 5.56 Å². The summed E-state index contributed by atoms with van der Waals surface area (Å²) in [6.45, 7) is 0. The van der Waals surface area contributed by atoms with Crippen molar-refractivity contribution in [2.75, 3.05) is 5.43 Å². The van der Waals surface area contributed by atoms with E-state index in [1.165, 1.54) is 23.5 Å². The van der Waals surface area contributed by atoms with Gasteiger partial charge in [-0.1, -0.05) is 83.6 Å². The molecule has 6 nitrogen and oxygen atoms in total. The summed E-state index contributed by atoms with van der Waals surface area (Å²) in [5.74, 6) is 0.217. The van der Waals surface area contributed by atoms with Crippen LogP contribution in [-0.2, 0) is 10.1 Å². The molecule has 184 valence electrons. The summed E-state index contributed by atoms with van der Waals surface area (Å²) in [7, 11) is -3.89. The highest BCUT2D eigenvalue weighted by molar-refractivity contribution is 7.87. The van der Waals surface area contributed by atoms with E-state index in [2.05, 4.69) is 10.5 Å². The predicted molar refractivity (Wildman–Crippen MR) is 150 cm³/mol. The molecule has 5 rings (SSSR count). The minimum Gasteiger partial charge on any atom is -0.379 e. The highest BCUT2D eigenvalue weighted by atomic mass is 35.5. The highest BCUT2D eigenvalue weighted by Crippen LogP contribution is 2.39. The van der Waals surface area contributed by atoms with Crippen LogP contribution >= 0.6 is 22.9 Å². The monoisotopic (exact) mass is 545 g/mol. The number of nitrogens with one attached hydrogen (secondary N) is 1. The number of hydrogen-bond acceptors (Lipinski definition) is 7. The molecule has 0 saturated heterocycles. The van der Waals surface area contributed by atoms with E-state index >= 15 is 0 Å². The number of anilines is 1. The summed E-state index contributed by atoms with van der Waals surface area (Å²) in [6, 6.07) is 32.2. The molecule has 1 N–H and O–H groups in total. The third-order valence-corrected chi connectivity index (χ3v) is 7.79. The first-order valence-electron chi connectivity index (χ1n) is 11.2. The molecule has 0 atom stereocenters. The molecule has 0 bridgehead atoms. The Morgan fingerprint density at radius 1 is 0.811 bits per heavy atom. The fourth-order valence-corrected chi connectivity index (χ4v) is 5.51. The molecule has 9 heteroatoms. The Bertz CT molecular complexity index is 1620. The lowest BCUT2D eigenvalue weighted by atomic mass is 10.1. The van der Waals surface area contributed by atoms with Gasteiger partial charge < -0.3 is 4.18 Å². The Kier molecular flexibility index (Phi) is 7.32. The standard InChI is InChI=1S/C28H20ClN3O3S2/c29-23-15-13-22(14-16-23)27-26(21-7-3-1-4-8-21)31-28(36-27)32-30-19-20-11-17-24(18-12-20)35-37(33,34)25-9-5-2-6-10-25/h1-19H,(H,31,32). The van der Waals surface area contributed by atoms with Crippen LogP contribution in [0.15, 0.2) is 119 Å². The molecular weight excluding hydrogens is 526 g/mol. The second-order valence-corrected chi connectivity index (χ2v) is 10.8. The zero-order chi connectivity index (χ0) is 25.7. The van der Waals surface area contributed by atoms with E-state index in [1.54, 1.807) is 48.7 Å². The molecule has 0 aliphatic heterocycles. The maximum Gasteiger partial charge on any atom is 0.339 e. The lowest BCUT2D eigenvalue weighted by molar-refractivity contribution is 0.486. The molecule has 0 saturated carbocycles. The largest absolute Gasteiger partial charge is 0.379 e. The van der Waals surface area contributed by atoms with E-state index in [-0.39, 0.29) is 10.6 Å². The summed E-state index contributed by atoms with van der Waals surface area (Å²) in [4.78, 5) is 5.87. The minimum atomic E-state index is -3.89. The van der Waals surface area contributed by atoms with E-state index < -0.39 is 10.1 Å². The van der Waals surface area contributed by atoms with Crippen molar-refractivity contribution in [3.05, 3.63) is 120 Å². The van der Waals surface area contributed by atoms with Gasteiger partial charge in [-0.25, -0.2) is 4.98 Å². The van der Waals surface area contributed by atoms with Crippen molar-refractivity contribution in [2.24, 2.45) is 5.10 Å². The van der Waals surface area contributed by atoms with Crippen LogP contribution in [0.25, 0.3) is 21.7 Å². The number of hydrogen-bond donors (Lipinski definition) is 1. The van der Waals surface area contributed by atoms with Gasteiger partial charge in [-0.3, -0.25) is 5.43 Å². The van der Waals surface area contributed by atoms with Gasteiger partial charge >= 0.3 is 10.1 Å². The predicted octanol–water partition coefficient (Wildman–Crippen LogP) is 7.34. The molecule has 0 aliphatic rings. The van der Waals surface area contributed by atoms with Gasteiger partial charge in [-0.2, -0.15) is 13.5 Å². The van der Waals surface area contributed by atoms with Gasteiger partial charge in [0.1, 0.15) is 10.6 Å². The molecule has 0 aliphatic carbocycles. The molecule has 0 spiro atoms. The van der Waals surface area contributed by atoms with Crippen LogP contribution in [0.4, 0.5) is 5.13 Å². The summed E-state index contributed by atoms with van der Waals surface area (Å²) >= 11 is 7.57. The summed E-state index contributed by atoms with van der Waals surface area (Å²) in [6.07, 6.45) is 1.63. The van der Waals surface area contributed by atoms with Gasteiger partial charge in [0.25, 0.3) is 0 Å². The van der Waals surface area contributed by atoms with Crippen molar-refractivity contribution >= 4 is 44.4 Å². The average molecular weight is 546 g/mol. The van der Waals surface area contributed by atoms with Gasteiger partial charge in [-0.15, -0.1) is 0 Å². The van der Waals surface area contributed by atoms with Crippen molar-refractivity contribution in [3.8, 4) is 27.4 Å². The van der Waals surface area contributed by atoms with Crippen molar-refractivity contribution in [1.29, 1.82) is 0 Å². The fraction of sp³-hybridized carbons (Fsp3) is 0. The Hall–Kier alpha value is -3.98. The first-order chi connectivity index (χ1) is 18.0. The zero-order valence-corrected chi connectivity index (χ0v) is 21.7. The van der Waals surface area contributed by atoms with Crippen LogP contribution in [0, 0.1) is 0 Å². The van der Waals surface area contributed by atoms with Crippen LogP contribution in [0.2, 0.25) is 5.02 Å². The average Bonchev–Trinajstić information content (AvgIpc) is 3.35. The third kappa shape index (κ3) is 6.06. The van der Waals surface area contributed by atoms with E-state index in [0.717, 1.165) is 27.3 Å². The molecule has 0 fully saturated rings. The van der Waals surface area contributed by atoms with Gasteiger partial charge in [0.15, 0.2) is 0 Å². The van der Waals surface area contributed by atoms with Gasteiger partial charge in [-0.05, 0) is 59.7 Å². The van der Waals surface area contributed by atoms with Crippen LogP contribution in [0.3, 0.4) is 0 Å². The van der Waals surface area contributed by atoms with Gasteiger partial charge in [0, 0.05) is 10.6 Å². The minimum absolute atomic E-state index is 0.0983.